The summed E-state index contributed by atoms with van der Waals surface area (Å²) < 4.78 is 5.13. The van der Waals surface area contributed by atoms with Crippen LogP contribution < -0.4 is 5.32 Å². The van der Waals surface area contributed by atoms with Crippen LogP contribution in [0, 0.1) is 0 Å². The number of ketones is 1. The van der Waals surface area contributed by atoms with Crippen molar-refractivity contribution in [1.29, 1.82) is 0 Å². The Morgan fingerprint density at radius 3 is 2.44 bits per heavy atom. The lowest BCUT2D eigenvalue weighted by Crippen LogP contribution is -2.15. The average Bonchev–Trinajstić information content (AvgIpc) is 2.61. The van der Waals surface area contributed by atoms with Gasteiger partial charge in [0.25, 0.3) is 0 Å². The van der Waals surface area contributed by atoms with Gasteiger partial charge in [0.2, 0.25) is 5.91 Å². The summed E-state index contributed by atoms with van der Waals surface area (Å²) in [5, 5.41) is 2.68. The second-order valence-corrected chi connectivity index (χ2v) is 5.64. The first-order valence-electron chi connectivity index (χ1n) is 8.15. The van der Waals surface area contributed by atoms with Gasteiger partial charge in [0.05, 0.1) is 13.0 Å². The Morgan fingerprint density at radius 2 is 1.72 bits per heavy atom. The third-order valence-electron chi connectivity index (χ3n) is 3.61. The second kappa shape index (κ2) is 9.37. The minimum Gasteiger partial charge on any atom is -0.465 e. The van der Waals surface area contributed by atoms with Crippen LogP contribution in [0.1, 0.15) is 35.7 Å². The fraction of sp³-hybridized carbons (Fsp3) is 0.250. The van der Waals surface area contributed by atoms with Crippen LogP contribution in [-0.2, 0) is 20.7 Å². The van der Waals surface area contributed by atoms with Crippen molar-refractivity contribution in [3.05, 3.63) is 65.7 Å². The number of anilines is 1. The average molecular weight is 339 g/mol. The lowest BCUT2D eigenvalue weighted by molar-refractivity contribution is -0.144. The number of benzene rings is 2. The molecule has 0 radical (unpaired) electrons. The topological polar surface area (TPSA) is 72.5 Å². The Balaban J connectivity index is 1.69. The van der Waals surface area contributed by atoms with Gasteiger partial charge in [-0.1, -0.05) is 42.5 Å². The summed E-state index contributed by atoms with van der Waals surface area (Å²) in [7, 11) is 0. The van der Waals surface area contributed by atoms with Crippen molar-refractivity contribution in [3.8, 4) is 0 Å². The molecule has 0 unspecified atom stereocenters. The van der Waals surface area contributed by atoms with E-state index in [9.17, 15) is 14.4 Å². The molecule has 0 spiro atoms. The van der Waals surface area contributed by atoms with E-state index in [0.717, 1.165) is 5.56 Å². The standard InChI is InChI=1S/C20H21NO4/c1-15(22)17-8-5-9-18(14-17)21-19(23)10-11-20(24)25-13-12-16-6-3-2-4-7-16/h2-9,14H,10-13H2,1H3,(H,21,23). The number of ether oxygens (including phenoxy) is 1. The van der Waals surface area contributed by atoms with E-state index >= 15 is 0 Å². The molecule has 0 atom stereocenters. The van der Waals surface area contributed by atoms with Gasteiger partial charge in [-0.05, 0) is 24.6 Å². The quantitative estimate of drug-likeness (QED) is 0.591. The first-order chi connectivity index (χ1) is 12.0. The van der Waals surface area contributed by atoms with Crippen LogP contribution in [-0.4, -0.2) is 24.3 Å². The Kier molecular flexibility index (Phi) is 6.89. The van der Waals surface area contributed by atoms with E-state index in [2.05, 4.69) is 5.32 Å². The van der Waals surface area contributed by atoms with Crippen LogP contribution in [0.3, 0.4) is 0 Å². The number of esters is 1. The molecule has 0 saturated carbocycles. The van der Waals surface area contributed by atoms with Crippen LogP contribution >= 0.6 is 0 Å². The Labute approximate surface area is 147 Å². The molecule has 0 aliphatic rings. The zero-order chi connectivity index (χ0) is 18.1. The highest BCUT2D eigenvalue weighted by atomic mass is 16.5. The molecule has 1 N–H and O–H groups in total. The summed E-state index contributed by atoms with van der Waals surface area (Å²) in [5.74, 6) is -0.762. The summed E-state index contributed by atoms with van der Waals surface area (Å²) in [5.41, 5.74) is 2.16. The molecule has 0 bridgehead atoms. The molecule has 0 aliphatic carbocycles. The van der Waals surface area contributed by atoms with Crippen LogP contribution in [0.15, 0.2) is 54.6 Å². The zero-order valence-electron chi connectivity index (χ0n) is 14.2. The van der Waals surface area contributed by atoms with Crippen molar-refractivity contribution in [2.45, 2.75) is 26.2 Å². The first-order valence-corrected chi connectivity index (χ1v) is 8.15. The Morgan fingerprint density at radius 1 is 0.960 bits per heavy atom. The summed E-state index contributed by atoms with van der Waals surface area (Å²) in [4.78, 5) is 34.9. The monoisotopic (exact) mass is 339 g/mol. The molecule has 1 amide bonds. The van der Waals surface area contributed by atoms with Crippen LogP contribution in [0.4, 0.5) is 5.69 Å². The lowest BCUT2D eigenvalue weighted by Gasteiger charge is -2.07. The number of hydrogen-bond acceptors (Lipinski definition) is 4. The molecule has 2 aromatic carbocycles. The summed E-state index contributed by atoms with van der Waals surface area (Å²) in [6.07, 6.45) is 0.706. The van der Waals surface area contributed by atoms with Gasteiger partial charge >= 0.3 is 5.97 Å². The molecular weight excluding hydrogens is 318 g/mol. The fourth-order valence-corrected chi connectivity index (χ4v) is 2.25. The number of rotatable bonds is 8. The van der Waals surface area contributed by atoms with E-state index < -0.39 is 5.97 Å². The van der Waals surface area contributed by atoms with Crippen molar-refractivity contribution >= 4 is 23.3 Å². The van der Waals surface area contributed by atoms with Crippen molar-refractivity contribution in [2.75, 3.05) is 11.9 Å². The van der Waals surface area contributed by atoms with Gasteiger partial charge in [0.1, 0.15) is 0 Å². The van der Waals surface area contributed by atoms with Crippen LogP contribution in [0.5, 0.6) is 0 Å². The maximum atomic E-state index is 11.9. The van der Waals surface area contributed by atoms with Gasteiger partial charge in [0, 0.05) is 24.1 Å². The number of carbonyl (C=O) groups is 3. The number of hydrogen-bond donors (Lipinski definition) is 1. The van der Waals surface area contributed by atoms with Crippen molar-refractivity contribution in [1.82, 2.24) is 0 Å². The van der Waals surface area contributed by atoms with Crippen molar-refractivity contribution < 1.29 is 19.1 Å². The molecular formula is C20H21NO4. The third kappa shape index (κ3) is 6.59. The third-order valence-corrected chi connectivity index (χ3v) is 3.61. The van der Waals surface area contributed by atoms with Crippen LogP contribution in [0.25, 0.3) is 0 Å². The van der Waals surface area contributed by atoms with Gasteiger partial charge in [-0.25, -0.2) is 0 Å². The Bertz CT molecular complexity index is 740. The normalized spacial score (nSPS) is 10.1. The first kappa shape index (κ1) is 18.4. The maximum absolute atomic E-state index is 11.9. The molecule has 0 saturated heterocycles. The van der Waals surface area contributed by atoms with Crippen molar-refractivity contribution in [2.24, 2.45) is 0 Å². The number of nitrogens with one attached hydrogen (secondary N) is 1. The highest BCUT2D eigenvalue weighted by Crippen LogP contribution is 2.12. The number of amides is 1. The van der Waals surface area contributed by atoms with Crippen molar-refractivity contribution in [3.63, 3.8) is 0 Å². The largest absolute Gasteiger partial charge is 0.465 e. The maximum Gasteiger partial charge on any atom is 0.306 e. The van der Waals surface area contributed by atoms with E-state index in [1.54, 1.807) is 24.3 Å². The smallest absolute Gasteiger partial charge is 0.306 e. The zero-order valence-corrected chi connectivity index (χ0v) is 14.2. The molecule has 5 nitrogen and oxygen atoms in total. The molecule has 25 heavy (non-hydrogen) atoms. The SMILES string of the molecule is CC(=O)c1cccc(NC(=O)CCC(=O)OCCc2ccccc2)c1. The predicted octanol–water partition coefficient (Wildman–Crippen LogP) is 3.39. The molecule has 2 aromatic rings. The van der Waals surface area contributed by atoms with Gasteiger partial charge in [-0.3, -0.25) is 14.4 Å². The molecule has 0 fully saturated rings. The summed E-state index contributed by atoms with van der Waals surface area (Å²) in [6.45, 7) is 1.76. The second-order valence-electron chi connectivity index (χ2n) is 5.64. The fourth-order valence-electron chi connectivity index (χ4n) is 2.25. The highest BCUT2D eigenvalue weighted by molar-refractivity contribution is 5.97. The van der Waals surface area contributed by atoms with E-state index in [4.69, 9.17) is 4.74 Å². The summed E-state index contributed by atoms with van der Waals surface area (Å²) in [6, 6.07) is 16.4. The summed E-state index contributed by atoms with van der Waals surface area (Å²) >= 11 is 0. The van der Waals surface area contributed by atoms with E-state index in [-0.39, 0.29) is 24.5 Å². The van der Waals surface area contributed by atoms with Gasteiger partial charge in [0.15, 0.2) is 5.78 Å². The molecule has 0 heterocycles. The molecule has 2 rings (SSSR count). The predicted molar refractivity (Wildman–Crippen MR) is 95.4 cm³/mol. The minimum atomic E-state index is -0.399. The van der Waals surface area contributed by atoms with Gasteiger partial charge in [-0.2, -0.15) is 0 Å². The number of carbonyl (C=O) groups excluding carboxylic acids is 3. The lowest BCUT2D eigenvalue weighted by atomic mass is 10.1. The van der Waals surface area contributed by atoms with Crippen LogP contribution in [0.2, 0.25) is 0 Å². The molecule has 0 aromatic heterocycles. The highest BCUT2D eigenvalue weighted by Gasteiger charge is 2.09. The number of Topliss-reactive ketones (excluding diaryl/α,β-unsaturated/α-hetero) is 1. The van der Waals surface area contributed by atoms with Gasteiger partial charge in [-0.15, -0.1) is 0 Å². The minimum absolute atomic E-state index is 0.0209. The Hall–Kier alpha value is -2.95. The molecule has 0 aliphatic heterocycles. The van der Waals surface area contributed by atoms with E-state index in [1.165, 1.54) is 6.92 Å². The molecule has 130 valence electrons. The van der Waals surface area contributed by atoms with E-state index in [1.807, 2.05) is 30.3 Å². The van der Waals surface area contributed by atoms with Gasteiger partial charge < -0.3 is 10.1 Å². The van der Waals surface area contributed by atoms with E-state index in [0.29, 0.717) is 24.3 Å². The molecule has 5 heteroatoms.